The molecule has 18 heavy (non-hydrogen) atoms. The second-order valence-corrected chi connectivity index (χ2v) is 4.14. The molecule has 0 aliphatic carbocycles. The molecule has 0 aliphatic heterocycles. The molecule has 5 heteroatoms. The molecule has 1 heterocycles. The van der Waals surface area contributed by atoms with Crippen molar-refractivity contribution in [1.82, 2.24) is 10.4 Å². The van der Waals surface area contributed by atoms with E-state index in [-0.39, 0.29) is 11.9 Å². The molecule has 1 aromatic carbocycles. The molecule has 0 aliphatic rings. The topological polar surface area (TPSA) is 77.0 Å². The van der Waals surface area contributed by atoms with Gasteiger partial charge in [0.1, 0.15) is 11.6 Å². The highest BCUT2D eigenvalue weighted by atomic mass is 19.1. The second kappa shape index (κ2) is 5.12. The first kappa shape index (κ1) is 12.5. The zero-order chi connectivity index (χ0) is 13.1. The number of halogens is 1. The number of hydrogen-bond donors (Lipinski definition) is 3. The van der Waals surface area contributed by atoms with E-state index in [0.29, 0.717) is 5.82 Å². The highest BCUT2D eigenvalue weighted by molar-refractivity contribution is 5.47. The Bertz CT molecular complexity index is 539. The number of nitrogen functional groups attached to an aromatic ring is 1. The smallest absolute Gasteiger partial charge is 0.128 e. The number of nitrogens with one attached hydrogen (secondary N) is 1. The van der Waals surface area contributed by atoms with E-state index in [0.717, 1.165) is 16.7 Å². The first-order valence-electron chi connectivity index (χ1n) is 5.55. The molecule has 4 nitrogen and oxygen atoms in total. The van der Waals surface area contributed by atoms with Crippen LogP contribution in [0.5, 0.6) is 0 Å². The Hall–Kier alpha value is -1.98. The van der Waals surface area contributed by atoms with Gasteiger partial charge in [0, 0.05) is 11.8 Å². The standard InChI is InChI=1S/C13H15FN4/c1-8-6-11(13(15)17-7-8)12(18-16)9-2-4-10(14)5-3-9/h2-7,12,18H,16H2,1H3,(H2,15,17). The number of pyridine rings is 1. The number of nitrogens with two attached hydrogens (primary N) is 2. The van der Waals surface area contributed by atoms with Gasteiger partial charge < -0.3 is 5.73 Å². The lowest BCUT2D eigenvalue weighted by Gasteiger charge is -2.18. The third-order valence-electron chi connectivity index (χ3n) is 2.77. The van der Waals surface area contributed by atoms with Crippen molar-refractivity contribution >= 4 is 5.82 Å². The van der Waals surface area contributed by atoms with Crippen LogP contribution in [0.2, 0.25) is 0 Å². The van der Waals surface area contributed by atoms with Gasteiger partial charge in [0.15, 0.2) is 0 Å². The molecule has 2 rings (SSSR count). The predicted molar refractivity (Wildman–Crippen MR) is 69.0 cm³/mol. The molecule has 1 atom stereocenters. The Balaban J connectivity index is 2.44. The van der Waals surface area contributed by atoms with Gasteiger partial charge in [-0.2, -0.15) is 0 Å². The minimum atomic E-state index is -0.307. The van der Waals surface area contributed by atoms with Gasteiger partial charge in [0.05, 0.1) is 6.04 Å². The van der Waals surface area contributed by atoms with Gasteiger partial charge in [0.25, 0.3) is 0 Å². The van der Waals surface area contributed by atoms with Gasteiger partial charge in [-0.1, -0.05) is 12.1 Å². The monoisotopic (exact) mass is 246 g/mol. The maximum absolute atomic E-state index is 12.9. The Morgan fingerprint density at radius 1 is 1.28 bits per heavy atom. The lowest BCUT2D eigenvalue weighted by atomic mass is 9.99. The van der Waals surface area contributed by atoms with Crippen molar-refractivity contribution < 1.29 is 4.39 Å². The summed E-state index contributed by atoms with van der Waals surface area (Å²) in [5.41, 5.74) is 11.1. The first-order valence-corrected chi connectivity index (χ1v) is 5.55. The summed E-state index contributed by atoms with van der Waals surface area (Å²) in [5, 5.41) is 0. The normalized spacial score (nSPS) is 12.4. The number of benzene rings is 1. The minimum Gasteiger partial charge on any atom is -0.383 e. The molecule has 1 unspecified atom stereocenters. The van der Waals surface area contributed by atoms with E-state index in [1.165, 1.54) is 12.1 Å². The molecule has 0 saturated heterocycles. The molecule has 5 N–H and O–H groups in total. The summed E-state index contributed by atoms with van der Waals surface area (Å²) in [6.07, 6.45) is 1.69. The highest BCUT2D eigenvalue weighted by Crippen LogP contribution is 2.25. The van der Waals surface area contributed by atoms with Crippen LogP contribution in [0.1, 0.15) is 22.7 Å². The van der Waals surface area contributed by atoms with E-state index in [1.54, 1.807) is 18.3 Å². The van der Waals surface area contributed by atoms with Crippen molar-refractivity contribution in [2.45, 2.75) is 13.0 Å². The van der Waals surface area contributed by atoms with Crippen molar-refractivity contribution in [2.24, 2.45) is 5.84 Å². The Labute approximate surface area is 105 Å². The van der Waals surface area contributed by atoms with Crippen LogP contribution >= 0.6 is 0 Å². The molecule has 0 radical (unpaired) electrons. The number of nitrogens with zero attached hydrogens (tertiary/aromatic N) is 1. The summed E-state index contributed by atoms with van der Waals surface area (Å²) in [4.78, 5) is 4.10. The van der Waals surface area contributed by atoms with Gasteiger partial charge in [-0.3, -0.25) is 5.84 Å². The lowest BCUT2D eigenvalue weighted by molar-refractivity contribution is 0.615. The summed E-state index contributed by atoms with van der Waals surface area (Å²) in [6, 6.07) is 7.72. The summed E-state index contributed by atoms with van der Waals surface area (Å²) in [5.74, 6) is 5.69. The number of aryl methyl sites for hydroxylation is 1. The maximum Gasteiger partial charge on any atom is 0.128 e. The van der Waals surface area contributed by atoms with Gasteiger partial charge in [-0.25, -0.2) is 14.8 Å². The Kier molecular flexibility index (Phi) is 3.55. The van der Waals surface area contributed by atoms with E-state index in [4.69, 9.17) is 11.6 Å². The van der Waals surface area contributed by atoms with Gasteiger partial charge in [0.2, 0.25) is 0 Å². The number of rotatable bonds is 3. The van der Waals surface area contributed by atoms with Crippen molar-refractivity contribution in [3.05, 3.63) is 59.0 Å². The molecule has 2 aromatic rings. The van der Waals surface area contributed by atoms with Crippen LogP contribution < -0.4 is 17.0 Å². The molecular weight excluding hydrogens is 231 g/mol. The number of aromatic nitrogens is 1. The first-order chi connectivity index (χ1) is 8.61. The average Bonchev–Trinajstić information content (AvgIpc) is 2.37. The molecule has 94 valence electrons. The average molecular weight is 246 g/mol. The lowest BCUT2D eigenvalue weighted by Crippen LogP contribution is -2.29. The highest BCUT2D eigenvalue weighted by Gasteiger charge is 2.16. The third kappa shape index (κ3) is 2.47. The van der Waals surface area contributed by atoms with Crippen LogP contribution in [0.3, 0.4) is 0 Å². The SMILES string of the molecule is Cc1cnc(N)c(C(NN)c2ccc(F)cc2)c1. The zero-order valence-electron chi connectivity index (χ0n) is 10.0. The van der Waals surface area contributed by atoms with Crippen LogP contribution in [0.15, 0.2) is 36.5 Å². The number of anilines is 1. The van der Waals surface area contributed by atoms with Crippen molar-refractivity contribution in [2.75, 3.05) is 5.73 Å². The van der Waals surface area contributed by atoms with Crippen molar-refractivity contribution in [3.63, 3.8) is 0 Å². The number of hydrazine groups is 1. The molecule has 0 spiro atoms. The van der Waals surface area contributed by atoms with Crippen LogP contribution in [0.25, 0.3) is 0 Å². The fourth-order valence-corrected chi connectivity index (χ4v) is 1.85. The van der Waals surface area contributed by atoms with E-state index in [1.807, 2.05) is 13.0 Å². The molecular formula is C13H15FN4. The van der Waals surface area contributed by atoms with E-state index in [2.05, 4.69) is 10.4 Å². The van der Waals surface area contributed by atoms with Crippen molar-refractivity contribution in [3.8, 4) is 0 Å². The van der Waals surface area contributed by atoms with Gasteiger partial charge in [-0.15, -0.1) is 0 Å². The number of hydrogen-bond acceptors (Lipinski definition) is 4. The van der Waals surface area contributed by atoms with Crippen LogP contribution in [0, 0.1) is 12.7 Å². The van der Waals surface area contributed by atoms with Gasteiger partial charge in [-0.05, 0) is 36.2 Å². The second-order valence-electron chi connectivity index (χ2n) is 4.14. The third-order valence-corrected chi connectivity index (χ3v) is 2.77. The van der Waals surface area contributed by atoms with Crippen LogP contribution in [0.4, 0.5) is 10.2 Å². The van der Waals surface area contributed by atoms with E-state index < -0.39 is 0 Å². The van der Waals surface area contributed by atoms with Gasteiger partial charge >= 0.3 is 0 Å². The van der Waals surface area contributed by atoms with Crippen LogP contribution in [-0.4, -0.2) is 4.98 Å². The fourth-order valence-electron chi connectivity index (χ4n) is 1.85. The predicted octanol–water partition coefficient (Wildman–Crippen LogP) is 1.66. The summed E-state index contributed by atoms with van der Waals surface area (Å²) in [7, 11) is 0. The minimum absolute atomic E-state index is 0.287. The van der Waals surface area contributed by atoms with Crippen molar-refractivity contribution in [1.29, 1.82) is 0 Å². The quantitative estimate of drug-likeness (QED) is 0.568. The largest absolute Gasteiger partial charge is 0.383 e. The molecule has 0 fully saturated rings. The molecule has 1 aromatic heterocycles. The molecule has 0 bridgehead atoms. The van der Waals surface area contributed by atoms with E-state index in [9.17, 15) is 4.39 Å². The molecule has 0 saturated carbocycles. The maximum atomic E-state index is 12.9. The van der Waals surface area contributed by atoms with Crippen LogP contribution in [-0.2, 0) is 0 Å². The molecule has 0 amide bonds. The summed E-state index contributed by atoms with van der Waals surface area (Å²) < 4.78 is 12.9. The fraction of sp³-hybridized carbons (Fsp3) is 0.154. The Morgan fingerprint density at radius 3 is 2.56 bits per heavy atom. The summed E-state index contributed by atoms with van der Waals surface area (Å²) in [6.45, 7) is 1.92. The van der Waals surface area contributed by atoms with E-state index >= 15 is 0 Å². The Morgan fingerprint density at radius 2 is 1.94 bits per heavy atom. The summed E-state index contributed by atoms with van der Waals surface area (Å²) >= 11 is 0. The zero-order valence-corrected chi connectivity index (χ0v) is 10.0.